The van der Waals surface area contributed by atoms with Crippen LogP contribution in [0.4, 0.5) is 31.1 Å². The second kappa shape index (κ2) is 8.41. The summed E-state index contributed by atoms with van der Waals surface area (Å²) in [4.78, 5) is 25.0. The van der Waals surface area contributed by atoms with E-state index < -0.39 is 64.2 Å². The average molecular weight is 487 g/mol. The summed E-state index contributed by atoms with van der Waals surface area (Å²) >= 11 is 0. The molecule has 2 aromatic rings. The summed E-state index contributed by atoms with van der Waals surface area (Å²) in [7, 11) is 1.23. The van der Waals surface area contributed by atoms with Gasteiger partial charge in [0.25, 0.3) is 0 Å². The van der Waals surface area contributed by atoms with Crippen LogP contribution in [-0.2, 0) is 16.5 Å². The van der Waals surface area contributed by atoms with Crippen LogP contribution in [0.1, 0.15) is 35.4 Å². The zero-order chi connectivity index (χ0) is 24.8. The molecule has 1 saturated heterocycles. The molecule has 0 spiro atoms. The maximum absolute atomic E-state index is 14.5. The van der Waals surface area contributed by atoms with E-state index in [0.717, 1.165) is 24.3 Å². The van der Waals surface area contributed by atoms with Crippen molar-refractivity contribution < 1.29 is 40.7 Å². The molecule has 2 atom stereocenters. The molecule has 12 heteroatoms. The number of amides is 3. The van der Waals surface area contributed by atoms with Crippen LogP contribution < -0.4 is 20.7 Å². The Morgan fingerprint density at radius 3 is 2.29 bits per heavy atom. The normalized spacial score (nSPS) is 21.1. The minimum Gasteiger partial charge on any atom is -0.497 e. The number of carbonyl (C=O) groups is 2. The fourth-order valence-corrected chi connectivity index (χ4v) is 4.12. The molecule has 3 N–H and O–H groups in total. The van der Waals surface area contributed by atoms with Gasteiger partial charge < -0.3 is 20.7 Å². The van der Waals surface area contributed by atoms with Gasteiger partial charge in [-0.25, -0.2) is 18.0 Å². The van der Waals surface area contributed by atoms with Crippen molar-refractivity contribution in [3.8, 4) is 5.75 Å². The van der Waals surface area contributed by atoms with Gasteiger partial charge in [0.15, 0.2) is 0 Å². The predicted octanol–water partition coefficient (Wildman–Crippen LogP) is 3.70. The van der Waals surface area contributed by atoms with Gasteiger partial charge in [-0.2, -0.15) is 13.2 Å². The van der Waals surface area contributed by atoms with E-state index in [1.807, 2.05) is 0 Å². The lowest BCUT2D eigenvalue weighted by molar-refractivity contribution is -0.137. The number of ether oxygens (including phenoxy) is 1. The largest absolute Gasteiger partial charge is 0.497 e. The van der Waals surface area contributed by atoms with Crippen LogP contribution in [0, 0.1) is 17.5 Å². The first kappa shape index (κ1) is 23.7. The number of methoxy groups -OCH3 is 1. The standard InChI is InChI=1S/C22H19F6N3O3/c1-34-13-7-15(24)17(16(25)8-13)14-9-29-19(32)18(14)30-20(33)31-21(2-3-21)10-4-11(22(26,27)28)6-12(23)5-10/h4-8,14,18H,2-3,9H2,1H3,(H,29,32)(H2,30,31,33)/t14-,18-/m0/s1. The Bertz CT molecular complexity index is 1130. The molecular weight excluding hydrogens is 468 g/mol. The van der Waals surface area contributed by atoms with E-state index in [0.29, 0.717) is 6.07 Å². The number of hydrogen-bond donors (Lipinski definition) is 3. The van der Waals surface area contributed by atoms with Gasteiger partial charge >= 0.3 is 12.2 Å². The zero-order valence-corrected chi connectivity index (χ0v) is 17.7. The number of alkyl halides is 3. The molecular formula is C22H19F6N3O3. The van der Waals surface area contributed by atoms with Crippen LogP contribution in [0.2, 0.25) is 0 Å². The van der Waals surface area contributed by atoms with Gasteiger partial charge in [-0.3, -0.25) is 4.79 Å². The van der Waals surface area contributed by atoms with Gasteiger partial charge in [0.1, 0.15) is 29.2 Å². The summed E-state index contributed by atoms with van der Waals surface area (Å²) in [5, 5.41) is 7.26. The van der Waals surface area contributed by atoms with Crippen molar-refractivity contribution in [3.05, 3.63) is 64.5 Å². The van der Waals surface area contributed by atoms with Crippen LogP contribution in [0.5, 0.6) is 5.75 Å². The molecule has 2 aromatic carbocycles. The molecule has 2 aliphatic rings. The molecule has 34 heavy (non-hydrogen) atoms. The summed E-state index contributed by atoms with van der Waals surface area (Å²) in [6.45, 7) is -0.159. The topological polar surface area (TPSA) is 79.5 Å². The van der Waals surface area contributed by atoms with E-state index in [1.54, 1.807) is 0 Å². The summed E-state index contributed by atoms with van der Waals surface area (Å²) in [5.41, 5.74) is -2.95. The third-order valence-corrected chi connectivity index (χ3v) is 6.01. The molecule has 0 radical (unpaired) electrons. The Hall–Kier alpha value is -3.44. The molecule has 1 heterocycles. The lowest BCUT2D eigenvalue weighted by Crippen LogP contribution is -2.50. The lowest BCUT2D eigenvalue weighted by Gasteiger charge is -2.24. The Kier molecular flexibility index (Phi) is 5.86. The quantitative estimate of drug-likeness (QED) is 0.563. The second-order valence-electron chi connectivity index (χ2n) is 8.24. The van der Waals surface area contributed by atoms with Crippen molar-refractivity contribution in [1.82, 2.24) is 16.0 Å². The molecule has 4 rings (SSSR count). The second-order valence-corrected chi connectivity index (χ2v) is 8.24. The third kappa shape index (κ3) is 4.48. The highest BCUT2D eigenvalue weighted by Gasteiger charge is 2.48. The Morgan fingerprint density at radius 2 is 1.74 bits per heavy atom. The Morgan fingerprint density at radius 1 is 1.09 bits per heavy atom. The van der Waals surface area contributed by atoms with Gasteiger partial charge in [0.2, 0.25) is 5.91 Å². The fourth-order valence-electron chi connectivity index (χ4n) is 4.12. The summed E-state index contributed by atoms with van der Waals surface area (Å²) in [6.07, 6.45) is -4.30. The zero-order valence-electron chi connectivity index (χ0n) is 17.7. The highest BCUT2D eigenvalue weighted by Crippen LogP contribution is 2.47. The molecule has 2 fully saturated rings. The van der Waals surface area contributed by atoms with Crippen LogP contribution in [0.15, 0.2) is 30.3 Å². The van der Waals surface area contributed by atoms with Crippen molar-refractivity contribution in [3.63, 3.8) is 0 Å². The van der Waals surface area contributed by atoms with Gasteiger partial charge in [0.05, 0.1) is 18.2 Å². The smallest absolute Gasteiger partial charge is 0.416 e. The molecule has 182 valence electrons. The highest BCUT2D eigenvalue weighted by molar-refractivity contribution is 5.90. The van der Waals surface area contributed by atoms with Gasteiger partial charge in [-0.15, -0.1) is 0 Å². The summed E-state index contributed by atoms with van der Waals surface area (Å²) in [5.74, 6) is -4.90. The molecule has 1 saturated carbocycles. The highest BCUT2D eigenvalue weighted by atomic mass is 19.4. The first-order chi connectivity index (χ1) is 15.9. The predicted molar refractivity (Wildman–Crippen MR) is 106 cm³/mol. The molecule has 0 bridgehead atoms. The van der Waals surface area contributed by atoms with E-state index in [9.17, 15) is 35.9 Å². The maximum Gasteiger partial charge on any atom is 0.416 e. The Labute approximate surface area is 189 Å². The van der Waals surface area contributed by atoms with Crippen LogP contribution in [-0.4, -0.2) is 31.6 Å². The van der Waals surface area contributed by atoms with Gasteiger partial charge in [-0.05, 0) is 36.6 Å². The molecule has 3 amide bonds. The molecule has 1 aliphatic heterocycles. The van der Waals surface area contributed by atoms with Crippen molar-refractivity contribution in [2.24, 2.45) is 0 Å². The minimum atomic E-state index is -4.78. The maximum atomic E-state index is 14.5. The summed E-state index contributed by atoms with van der Waals surface area (Å²) < 4.78 is 87.0. The molecule has 0 aromatic heterocycles. The van der Waals surface area contributed by atoms with Crippen molar-refractivity contribution in [2.75, 3.05) is 13.7 Å². The molecule has 1 aliphatic carbocycles. The number of nitrogens with one attached hydrogen (secondary N) is 3. The van der Waals surface area contributed by atoms with E-state index in [2.05, 4.69) is 16.0 Å². The first-order valence-corrected chi connectivity index (χ1v) is 10.2. The van der Waals surface area contributed by atoms with E-state index in [1.165, 1.54) is 7.11 Å². The van der Waals surface area contributed by atoms with Crippen LogP contribution >= 0.6 is 0 Å². The number of benzene rings is 2. The number of carbonyl (C=O) groups excluding carboxylic acids is 2. The lowest BCUT2D eigenvalue weighted by atomic mass is 9.92. The first-order valence-electron chi connectivity index (χ1n) is 10.2. The Balaban J connectivity index is 1.54. The number of urea groups is 1. The van der Waals surface area contributed by atoms with Crippen LogP contribution in [0.3, 0.4) is 0 Å². The third-order valence-electron chi connectivity index (χ3n) is 6.01. The van der Waals surface area contributed by atoms with Gasteiger partial charge in [0, 0.05) is 30.2 Å². The van der Waals surface area contributed by atoms with E-state index in [-0.39, 0.29) is 30.7 Å². The summed E-state index contributed by atoms with van der Waals surface area (Å²) in [6, 6.07) is 1.59. The van der Waals surface area contributed by atoms with Crippen molar-refractivity contribution in [2.45, 2.75) is 36.5 Å². The molecule has 0 unspecified atom stereocenters. The van der Waals surface area contributed by atoms with E-state index >= 15 is 0 Å². The monoisotopic (exact) mass is 487 g/mol. The average Bonchev–Trinajstić information content (AvgIpc) is 3.45. The fraction of sp³-hybridized carbons (Fsp3) is 0.364. The number of rotatable bonds is 5. The van der Waals surface area contributed by atoms with E-state index in [4.69, 9.17) is 4.74 Å². The SMILES string of the molecule is COc1cc(F)c([C@@H]2CNC(=O)[C@H]2NC(=O)NC2(c3cc(F)cc(C(F)(F)F)c3)CC2)c(F)c1. The van der Waals surface area contributed by atoms with Crippen LogP contribution in [0.25, 0.3) is 0 Å². The minimum absolute atomic E-state index is 0.0673. The van der Waals surface area contributed by atoms with Crippen molar-refractivity contribution >= 4 is 11.9 Å². The van der Waals surface area contributed by atoms with Crippen molar-refractivity contribution in [1.29, 1.82) is 0 Å². The number of halogens is 6. The molecule has 6 nitrogen and oxygen atoms in total. The van der Waals surface area contributed by atoms with Gasteiger partial charge in [-0.1, -0.05) is 0 Å². The number of hydrogen-bond acceptors (Lipinski definition) is 3.